The second kappa shape index (κ2) is 6.23. The van der Waals surface area contributed by atoms with E-state index in [0.717, 1.165) is 17.3 Å². The molecular formula is C15H18N2O3. The van der Waals surface area contributed by atoms with Crippen LogP contribution in [0.25, 0.3) is 10.9 Å². The predicted molar refractivity (Wildman–Crippen MR) is 76.7 cm³/mol. The van der Waals surface area contributed by atoms with Gasteiger partial charge in [-0.3, -0.25) is 9.59 Å². The van der Waals surface area contributed by atoms with E-state index in [1.165, 1.54) is 0 Å². The largest absolute Gasteiger partial charge is 0.481 e. The first-order chi connectivity index (χ1) is 9.60. The molecule has 1 amide bonds. The molecule has 1 unspecified atom stereocenters. The van der Waals surface area contributed by atoms with Crippen molar-refractivity contribution in [3.63, 3.8) is 0 Å². The summed E-state index contributed by atoms with van der Waals surface area (Å²) < 4.78 is 0. The van der Waals surface area contributed by atoms with Crippen LogP contribution in [0.5, 0.6) is 0 Å². The van der Waals surface area contributed by atoms with Crippen molar-refractivity contribution < 1.29 is 14.7 Å². The van der Waals surface area contributed by atoms with Crippen LogP contribution in [0.3, 0.4) is 0 Å². The van der Waals surface area contributed by atoms with Crippen molar-refractivity contribution in [3.8, 4) is 0 Å². The number of carbonyl (C=O) groups is 2. The summed E-state index contributed by atoms with van der Waals surface area (Å²) >= 11 is 0. The summed E-state index contributed by atoms with van der Waals surface area (Å²) in [6, 6.07) is 7.34. The van der Waals surface area contributed by atoms with Crippen molar-refractivity contribution in [2.45, 2.75) is 19.8 Å². The molecule has 0 aliphatic rings. The molecule has 1 heterocycles. The standard InChI is InChI=1S/C15H18N2O3/c1-2-10(7-14(18)19)9-17-15(20)12-3-4-13-11(8-12)5-6-16-13/h3-6,8,10,16H,2,7,9H2,1H3,(H,17,20)(H,18,19). The van der Waals surface area contributed by atoms with Gasteiger partial charge in [-0.15, -0.1) is 0 Å². The zero-order valence-electron chi connectivity index (χ0n) is 11.3. The molecule has 0 aliphatic carbocycles. The second-order valence-electron chi connectivity index (χ2n) is 4.86. The van der Waals surface area contributed by atoms with Gasteiger partial charge in [-0.25, -0.2) is 0 Å². The van der Waals surface area contributed by atoms with Crippen LogP contribution in [0.15, 0.2) is 30.5 Å². The molecule has 0 saturated carbocycles. The minimum atomic E-state index is -0.833. The molecule has 0 spiro atoms. The van der Waals surface area contributed by atoms with E-state index in [1.807, 2.05) is 31.3 Å². The number of aromatic nitrogens is 1. The number of hydrogen-bond donors (Lipinski definition) is 3. The Balaban J connectivity index is 1.98. The average molecular weight is 274 g/mol. The number of H-pyrrole nitrogens is 1. The molecule has 5 nitrogen and oxygen atoms in total. The van der Waals surface area contributed by atoms with Crippen molar-refractivity contribution in [1.82, 2.24) is 10.3 Å². The number of aromatic amines is 1. The Hall–Kier alpha value is -2.30. The number of amides is 1. The summed E-state index contributed by atoms with van der Waals surface area (Å²) in [6.07, 6.45) is 2.63. The Morgan fingerprint density at radius 1 is 1.35 bits per heavy atom. The lowest BCUT2D eigenvalue weighted by Gasteiger charge is -2.13. The molecule has 0 fully saturated rings. The molecule has 1 atom stereocenters. The van der Waals surface area contributed by atoms with Crippen molar-refractivity contribution in [1.29, 1.82) is 0 Å². The molecule has 2 rings (SSSR count). The third kappa shape index (κ3) is 3.38. The van der Waals surface area contributed by atoms with Gasteiger partial charge in [-0.05, 0) is 30.2 Å². The molecule has 0 bridgehead atoms. The summed E-state index contributed by atoms with van der Waals surface area (Å²) in [7, 11) is 0. The summed E-state index contributed by atoms with van der Waals surface area (Å²) in [5.74, 6) is -1.04. The van der Waals surface area contributed by atoms with E-state index in [9.17, 15) is 9.59 Å². The van der Waals surface area contributed by atoms with Crippen LogP contribution in [-0.2, 0) is 4.79 Å². The number of rotatable bonds is 6. The number of carboxylic acids is 1. The number of fused-ring (bicyclic) bond motifs is 1. The smallest absolute Gasteiger partial charge is 0.303 e. The van der Waals surface area contributed by atoms with Crippen LogP contribution in [0.4, 0.5) is 0 Å². The van der Waals surface area contributed by atoms with Crippen LogP contribution in [-0.4, -0.2) is 28.5 Å². The van der Waals surface area contributed by atoms with Crippen molar-refractivity contribution in [2.75, 3.05) is 6.54 Å². The van der Waals surface area contributed by atoms with Gasteiger partial charge in [0.2, 0.25) is 0 Å². The van der Waals surface area contributed by atoms with Gasteiger partial charge in [-0.1, -0.05) is 13.3 Å². The van der Waals surface area contributed by atoms with Gasteiger partial charge >= 0.3 is 5.97 Å². The highest BCUT2D eigenvalue weighted by Gasteiger charge is 2.13. The first kappa shape index (κ1) is 14.1. The first-order valence-electron chi connectivity index (χ1n) is 6.67. The van der Waals surface area contributed by atoms with E-state index in [4.69, 9.17) is 5.11 Å². The Kier molecular flexibility index (Phi) is 4.40. The van der Waals surface area contributed by atoms with E-state index in [2.05, 4.69) is 10.3 Å². The molecule has 5 heteroatoms. The van der Waals surface area contributed by atoms with E-state index in [1.54, 1.807) is 6.07 Å². The second-order valence-corrected chi connectivity index (χ2v) is 4.86. The fraction of sp³-hybridized carbons (Fsp3) is 0.333. The van der Waals surface area contributed by atoms with Crippen LogP contribution < -0.4 is 5.32 Å². The highest BCUT2D eigenvalue weighted by atomic mass is 16.4. The van der Waals surface area contributed by atoms with Crippen LogP contribution in [0.1, 0.15) is 30.1 Å². The number of carbonyl (C=O) groups excluding carboxylic acids is 1. The zero-order valence-corrected chi connectivity index (χ0v) is 11.3. The molecule has 2 aromatic rings. The van der Waals surface area contributed by atoms with Gasteiger partial charge in [0.1, 0.15) is 0 Å². The molecule has 0 radical (unpaired) electrons. The highest BCUT2D eigenvalue weighted by molar-refractivity contribution is 5.98. The average Bonchev–Trinajstić information content (AvgIpc) is 2.89. The SMILES string of the molecule is CCC(CNC(=O)c1ccc2[nH]ccc2c1)CC(=O)O. The topological polar surface area (TPSA) is 82.2 Å². The van der Waals surface area contributed by atoms with E-state index >= 15 is 0 Å². The summed E-state index contributed by atoms with van der Waals surface area (Å²) in [6.45, 7) is 2.30. The van der Waals surface area contributed by atoms with Gasteiger partial charge in [0, 0.05) is 35.6 Å². The van der Waals surface area contributed by atoms with Crippen molar-refractivity contribution >= 4 is 22.8 Å². The summed E-state index contributed by atoms with van der Waals surface area (Å²) in [4.78, 5) is 25.8. The third-order valence-electron chi connectivity index (χ3n) is 3.41. The van der Waals surface area contributed by atoms with Gasteiger partial charge in [0.05, 0.1) is 0 Å². The Labute approximate surface area is 117 Å². The van der Waals surface area contributed by atoms with Gasteiger partial charge in [-0.2, -0.15) is 0 Å². The monoisotopic (exact) mass is 274 g/mol. The summed E-state index contributed by atoms with van der Waals surface area (Å²) in [5, 5.41) is 12.6. The maximum Gasteiger partial charge on any atom is 0.303 e. The van der Waals surface area contributed by atoms with E-state index in [-0.39, 0.29) is 18.2 Å². The predicted octanol–water partition coefficient (Wildman–Crippen LogP) is 2.40. The molecular weight excluding hydrogens is 256 g/mol. The zero-order chi connectivity index (χ0) is 14.5. The summed E-state index contributed by atoms with van der Waals surface area (Å²) in [5.41, 5.74) is 1.57. The first-order valence-corrected chi connectivity index (χ1v) is 6.67. The van der Waals surface area contributed by atoms with Gasteiger partial charge in [0.25, 0.3) is 5.91 Å². The Bertz CT molecular complexity index is 618. The quantitative estimate of drug-likeness (QED) is 0.756. The number of aliphatic carboxylic acids is 1. The van der Waals surface area contributed by atoms with E-state index in [0.29, 0.717) is 12.1 Å². The number of benzene rings is 1. The lowest BCUT2D eigenvalue weighted by Crippen LogP contribution is -2.30. The number of hydrogen-bond acceptors (Lipinski definition) is 2. The molecule has 1 aromatic carbocycles. The van der Waals surface area contributed by atoms with Gasteiger partial charge in [0.15, 0.2) is 0 Å². The molecule has 0 aliphatic heterocycles. The Morgan fingerprint density at radius 3 is 2.85 bits per heavy atom. The fourth-order valence-corrected chi connectivity index (χ4v) is 2.14. The maximum atomic E-state index is 12.0. The normalized spacial score (nSPS) is 12.2. The molecule has 106 valence electrons. The maximum absolute atomic E-state index is 12.0. The van der Waals surface area contributed by atoms with Crippen molar-refractivity contribution in [3.05, 3.63) is 36.0 Å². The van der Waals surface area contributed by atoms with Crippen LogP contribution in [0.2, 0.25) is 0 Å². The fourth-order valence-electron chi connectivity index (χ4n) is 2.14. The number of nitrogens with one attached hydrogen (secondary N) is 2. The molecule has 20 heavy (non-hydrogen) atoms. The van der Waals surface area contributed by atoms with Crippen LogP contribution in [0, 0.1) is 5.92 Å². The van der Waals surface area contributed by atoms with Crippen molar-refractivity contribution in [2.24, 2.45) is 5.92 Å². The molecule has 1 aromatic heterocycles. The van der Waals surface area contributed by atoms with Crippen LogP contribution >= 0.6 is 0 Å². The lowest BCUT2D eigenvalue weighted by molar-refractivity contribution is -0.138. The lowest BCUT2D eigenvalue weighted by atomic mass is 10.0. The van der Waals surface area contributed by atoms with E-state index < -0.39 is 5.97 Å². The molecule has 3 N–H and O–H groups in total. The van der Waals surface area contributed by atoms with Gasteiger partial charge < -0.3 is 15.4 Å². The minimum absolute atomic E-state index is 0.0348. The Morgan fingerprint density at radius 2 is 2.15 bits per heavy atom. The number of carboxylic acid groups (broad SMARTS) is 1. The third-order valence-corrected chi connectivity index (χ3v) is 3.41. The highest BCUT2D eigenvalue weighted by Crippen LogP contribution is 2.14. The molecule has 0 saturated heterocycles. The minimum Gasteiger partial charge on any atom is -0.481 e.